The van der Waals surface area contributed by atoms with Gasteiger partial charge in [0, 0.05) is 30.6 Å². The molecule has 1 saturated heterocycles. The van der Waals surface area contributed by atoms with Gasteiger partial charge in [0.2, 0.25) is 11.8 Å². The number of carbonyl (C=O) groups is 1. The molecule has 31 heavy (non-hydrogen) atoms. The van der Waals surface area contributed by atoms with E-state index in [-0.39, 0.29) is 12.1 Å². The van der Waals surface area contributed by atoms with E-state index in [2.05, 4.69) is 32.4 Å². The van der Waals surface area contributed by atoms with Gasteiger partial charge in [-0.1, -0.05) is 13.0 Å². The minimum absolute atomic E-state index is 0.140. The Hall–Kier alpha value is -3.36. The lowest BCUT2D eigenvalue weighted by atomic mass is 9.64. The Bertz CT molecular complexity index is 1150. The fourth-order valence-corrected chi connectivity index (χ4v) is 5.01. The van der Waals surface area contributed by atoms with Crippen LogP contribution in [0.3, 0.4) is 0 Å². The van der Waals surface area contributed by atoms with E-state index in [1.807, 2.05) is 30.0 Å². The maximum Gasteiger partial charge on any atom is 0.323 e. The van der Waals surface area contributed by atoms with Gasteiger partial charge >= 0.3 is 6.03 Å². The Balaban J connectivity index is 1.42. The van der Waals surface area contributed by atoms with Crippen LogP contribution in [0.2, 0.25) is 0 Å². The van der Waals surface area contributed by atoms with Crippen LogP contribution in [0.15, 0.2) is 35.0 Å². The van der Waals surface area contributed by atoms with Gasteiger partial charge in [0.15, 0.2) is 11.6 Å². The third-order valence-electron chi connectivity index (χ3n) is 6.25. The summed E-state index contributed by atoms with van der Waals surface area (Å²) < 4.78 is 19.0. The fraction of sp³-hybridized carbons (Fsp3) is 0.409. The molecule has 2 fully saturated rings. The molecule has 2 bridgehead atoms. The minimum atomic E-state index is -0.554. The second-order valence-corrected chi connectivity index (χ2v) is 8.62. The van der Waals surface area contributed by atoms with Gasteiger partial charge in [-0.25, -0.2) is 19.2 Å². The molecule has 2 amide bonds. The zero-order chi connectivity index (χ0) is 21.8. The van der Waals surface area contributed by atoms with Crippen LogP contribution in [-0.4, -0.2) is 37.1 Å². The van der Waals surface area contributed by atoms with Crippen LogP contribution in [-0.2, 0) is 5.54 Å². The molecule has 1 aromatic carbocycles. The first-order chi connectivity index (χ1) is 14.9. The van der Waals surface area contributed by atoms with Crippen molar-refractivity contribution in [2.24, 2.45) is 5.92 Å². The summed E-state index contributed by atoms with van der Waals surface area (Å²) in [6.45, 7) is 5.86. The van der Waals surface area contributed by atoms with Gasteiger partial charge < -0.3 is 14.6 Å². The number of fused-ring (bicyclic) bond motifs is 2. The first-order valence-electron chi connectivity index (χ1n) is 10.4. The van der Waals surface area contributed by atoms with Crippen LogP contribution >= 0.6 is 0 Å². The predicted molar refractivity (Wildman–Crippen MR) is 111 cm³/mol. The van der Waals surface area contributed by atoms with Crippen molar-refractivity contribution in [3.63, 3.8) is 0 Å². The molecule has 3 atom stereocenters. The summed E-state index contributed by atoms with van der Waals surface area (Å²) in [5, 5.41) is 11.2. The van der Waals surface area contributed by atoms with Gasteiger partial charge in [-0.3, -0.25) is 0 Å². The molecule has 160 valence electrons. The molecule has 2 aromatic heterocycles. The van der Waals surface area contributed by atoms with Crippen LogP contribution in [0.4, 0.5) is 14.9 Å². The number of amides is 2. The molecule has 9 heteroatoms. The lowest BCUT2D eigenvalue weighted by molar-refractivity contribution is -0.110. The average Bonchev–Trinajstić information content (AvgIpc) is 3.16. The molecule has 0 radical (unpaired) electrons. The number of anilines is 1. The number of likely N-dealkylation sites (tertiary alicyclic amines) is 1. The molecule has 3 aromatic rings. The maximum absolute atomic E-state index is 13.3. The van der Waals surface area contributed by atoms with Crippen molar-refractivity contribution in [1.82, 2.24) is 25.1 Å². The van der Waals surface area contributed by atoms with E-state index in [1.165, 1.54) is 0 Å². The van der Waals surface area contributed by atoms with Crippen molar-refractivity contribution in [2.45, 2.75) is 51.6 Å². The third kappa shape index (κ3) is 3.24. The highest BCUT2D eigenvalue weighted by Crippen LogP contribution is 2.55. The largest absolute Gasteiger partial charge is 0.423 e. The lowest BCUT2D eigenvalue weighted by Crippen LogP contribution is -2.70. The molecule has 3 heterocycles. The summed E-state index contributed by atoms with van der Waals surface area (Å²) in [7, 11) is 0. The third-order valence-corrected chi connectivity index (χ3v) is 6.25. The maximum atomic E-state index is 13.3. The average molecular weight is 422 g/mol. The molecule has 2 aliphatic rings. The van der Waals surface area contributed by atoms with Gasteiger partial charge in [0.1, 0.15) is 5.54 Å². The van der Waals surface area contributed by atoms with E-state index in [4.69, 9.17) is 4.42 Å². The van der Waals surface area contributed by atoms with Crippen molar-refractivity contribution in [1.29, 1.82) is 0 Å². The van der Waals surface area contributed by atoms with Crippen molar-refractivity contribution in [2.75, 3.05) is 5.32 Å². The van der Waals surface area contributed by atoms with Crippen LogP contribution in [0.25, 0.3) is 11.4 Å². The van der Waals surface area contributed by atoms with Crippen LogP contribution < -0.4 is 5.32 Å². The highest BCUT2D eigenvalue weighted by molar-refractivity contribution is 5.91. The Morgan fingerprint density at radius 1 is 1.23 bits per heavy atom. The summed E-state index contributed by atoms with van der Waals surface area (Å²) in [5.41, 5.74) is 1.73. The van der Waals surface area contributed by atoms with Gasteiger partial charge in [0.25, 0.3) is 0 Å². The number of piperidine rings is 1. The van der Waals surface area contributed by atoms with E-state index in [0.717, 1.165) is 42.8 Å². The molecule has 1 aliphatic heterocycles. The molecule has 1 aliphatic carbocycles. The molecule has 1 saturated carbocycles. The Kier molecular flexibility index (Phi) is 4.49. The second-order valence-electron chi connectivity index (χ2n) is 8.62. The molecular weight excluding hydrogens is 399 g/mol. The zero-order valence-electron chi connectivity index (χ0n) is 17.6. The first-order valence-corrected chi connectivity index (χ1v) is 10.4. The quantitative estimate of drug-likeness (QED) is 0.679. The molecular formula is C22H23FN6O2. The zero-order valence-corrected chi connectivity index (χ0v) is 17.6. The Morgan fingerprint density at radius 3 is 2.71 bits per heavy atom. The van der Waals surface area contributed by atoms with Gasteiger partial charge in [-0.15, -0.1) is 10.2 Å². The summed E-state index contributed by atoms with van der Waals surface area (Å²) in [4.78, 5) is 23.3. The number of urea groups is 1. The number of nitrogens with zero attached hydrogens (tertiary/aromatic N) is 5. The number of benzene rings is 1. The predicted octanol–water partition coefficient (Wildman–Crippen LogP) is 4.21. The van der Waals surface area contributed by atoms with Crippen molar-refractivity contribution in [3.8, 4) is 11.4 Å². The highest BCUT2D eigenvalue weighted by atomic mass is 19.1. The number of halogens is 1. The normalized spacial score (nSPS) is 24.6. The first kappa shape index (κ1) is 19.6. The topological polar surface area (TPSA) is 97.0 Å². The number of nitrogens with one attached hydrogen (secondary N) is 1. The van der Waals surface area contributed by atoms with Gasteiger partial charge in [-0.2, -0.15) is 0 Å². The lowest BCUT2D eigenvalue weighted by Gasteiger charge is -2.61. The minimum Gasteiger partial charge on any atom is -0.423 e. The second kappa shape index (κ2) is 7.11. The number of carbonyl (C=O) groups excluding carboxylic acids is 1. The number of aromatic nitrogens is 4. The van der Waals surface area contributed by atoms with Crippen molar-refractivity contribution >= 4 is 11.7 Å². The monoisotopic (exact) mass is 422 g/mol. The van der Waals surface area contributed by atoms with Crippen LogP contribution in [0.1, 0.15) is 43.5 Å². The highest BCUT2D eigenvalue weighted by Gasteiger charge is 2.62. The fourth-order valence-electron chi connectivity index (χ4n) is 5.01. The Labute approximate surface area is 178 Å². The Morgan fingerprint density at radius 2 is 2.00 bits per heavy atom. The summed E-state index contributed by atoms with van der Waals surface area (Å²) in [6, 6.07) is 5.47. The summed E-state index contributed by atoms with van der Waals surface area (Å²) in [6.07, 6.45) is 4.83. The number of hydrogen-bond donors (Lipinski definition) is 1. The molecule has 0 unspecified atom stereocenters. The van der Waals surface area contributed by atoms with E-state index in [9.17, 15) is 9.18 Å². The van der Waals surface area contributed by atoms with E-state index >= 15 is 0 Å². The number of aryl methyl sites for hydroxylation is 2. The van der Waals surface area contributed by atoms with Crippen LogP contribution in [0, 0.1) is 25.6 Å². The molecule has 1 N–H and O–H groups in total. The standard InChI is InChI=1S/C22H23FN6O2/c1-12-6-17-9-22(8-12,20-28-27-14(3)31-20)29(17)21(30)26-16-5-4-13(2)18(7-16)19-24-10-15(23)11-25-19/h4-5,7,10-12,17H,6,8-9H2,1-3H3,(H,26,30)/t12-,17-,22+/m1/s1. The number of hydrogen-bond acceptors (Lipinski definition) is 6. The smallest absolute Gasteiger partial charge is 0.323 e. The van der Waals surface area contributed by atoms with Gasteiger partial charge in [0.05, 0.1) is 12.4 Å². The van der Waals surface area contributed by atoms with Gasteiger partial charge in [-0.05, 0) is 43.4 Å². The molecule has 0 spiro atoms. The summed E-state index contributed by atoms with van der Waals surface area (Å²) >= 11 is 0. The number of rotatable bonds is 3. The summed E-state index contributed by atoms with van der Waals surface area (Å²) in [5.74, 6) is 1.38. The van der Waals surface area contributed by atoms with E-state index < -0.39 is 11.4 Å². The van der Waals surface area contributed by atoms with Crippen molar-refractivity contribution < 1.29 is 13.6 Å². The molecule has 8 nitrogen and oxygen atoms in total. The van der Waals surface area contributed by atoms with Crippen molar-refractivity contribution in [3.05, 3.63) is 53.8 Å². The van der Waals surface area contributed by atoms with E-state index in [0.29, 0.717) is 29.2 Å². The molecule has 5 rings (SSSR count). The SMILES string of the molecule is Cc1nnc([C@]23C[C@H](C)C[C@H](C2)N3C(=O)Nc2ccc(C)c(-c3ncc(F)cn3)c2)o1. The van der Waals surface area contributed by atoms with Crippen LogP contribution in [0.5, 0.6) is 0 Å². The van der Waals surface area contributed by atoms with E-state index in [1.54, 1.807) is 6.92 Å².